The Kier molecular flexibility index (Phi) is 7.35. The number of benzene rings is 3. The van der Waals surface area contributed by atoms with Gasteiger partial charge in [0.2, 0.25) is 0 Å². The minimum Gasteiger partial charge on any atom is -0.492 e. The monoisotopic (exact) mass is 552 g/mol. The van der Waals surface area contributed by atoms with Gasteiger partial charge < -0.3 is 9.47 Å². The lowest BCUT2D eigenvalue weighted by Crippen LogP contribution is -2.27. The SMILES string of the molecule is COCc1cnc2c(-c3nc4c(C)cc(OCCN(F)S(=O)(=O)c5ccccc5)cc4s3)cc(C)cc2n1. The summed E-state index contributed by atoms with van der Waals surface area (Å²) in [6.07, 6.45) is 1.71. The summed E-state index contributed by atoms with van der Waals surface area (Å²) in [5.74, 6) is 0.508. The second-order valence-electron chi connectivity index (χ2n) is 8.76. The lowest BCUT2D eigenvalue weighted by Gasteiger charge is -2.13. The number of ether oxygens (including phenoxy) is 2. The average molecular weight is 553 g/mol. The van der Waals surface area contributed by atoms with Gasteiger partial charge in [0.05, 0.1) is 51.2 Å². The van der Waals surface area contributed by atoms with Crippen molar-refractivity contribution in [1.29, 1.82) is 0 Å². The van der Waals surface area contributed by atoms with E-state index in [2.05, 4.69) is 9.97 Å². The molecule has 196 valence electrons. The van der Waals surface area contributed by atoms with E-state index < -0.39 is 16.6 Å². The Bertz CT molecular complexity index is 1730. The summed E-state index contributed by atoms with van der Waals surface area (Å²) >= 11 is 1.49. The molecular weight excluding hydrogens is 527 g/mol. The molecule has 0 bridgehead atoms. The Morgan fingerprint density at radius 1 is 1.03 bits per heavy atom. The zero-order chi connectivity index (χ0) is 26.9. The molecule has 0 amide bonds. The number of sulfonamides is 1. The molecule has 5 rings (SSSR count). The molecule has 2 heterocycles. The van der Waals surface area contributed by atoms with Gasteiger partial charge in [0, 0.05) is 12.7 Å². The summed E-state index contributed by atoms with van der Waals surface area (Å²) in [6.45, 7) is 3.71. The van der Waals surface area contributed by atoms with E-state index in [0.29, 0.717) is 12.4 Å². The van der Waals surface area contributed by atoms with Crippen molar-refractivity contribution >= 4 is 42.6 Å². The van der Waals surface area contributed by atoms with Gasteiger partial charge >= 0.3 is 0 Å². The van der Waals surface area contributed by atoms with Crippen LogP contribution in [0.1, 0.15) is 16.8 Å². The van der Waals surface area contributed by atoms with Crippen LogP contribution in [0.25, 0.3) is 31.8 Å². The van der Waals surface area contributed by atoms with E-state index in [1.54, 1.807) is 31.5 Å². The van der Waals surface area contributed by atoms with Crippen LogP contribution in [0.5, 0.6) is 5.75 Å². The zero-order valence-corrected chi connectivity index (χ0v) is 22.6. The van der Waals surface area contributed by atoms with Crippen LogP contribution in [0.2, 0.25) is 0 Å². The molecule has 8 nitrogen and oxygen atoms in total. The van der Waals surface area contributed by atoms with Crippen molar-refractivity contribution in [1.82, 2.24) is 19.5 Å². The fraction of sp³-hybridized carbons (Fsp3) is 0.222. The third-order valence-corrected chi connectivity index (χ3v) is 8.47. The largest absolute Gasteiger partial charge is 0.492 e. The maximum absolute atomic E-state index is 14.5. The van der Waals surface area contributed by atoms with Crippen LogP contribution in [-0.4, -0.2) is 48.2 Å². The second-order valence-corrected chi connectivity index (χ2v) is 11.6. The van der Waals surface area contributed by atoms with E-state index in [1.165, 1.54) is 23.5 Å². The van der Waals surface area contributed by atoms with Crippen LogP contribution in [-0.2, 0) is 21.4 Å². The number of fused-ring (bicyclic) bond motifs is 2. The molecule has 3 aromatic carbocycles. The lowest BCUT2D eigenvalue weighted by atomic mass is 10.1. The number of nitrogens with zero attached hydrogens (tertiary/aromatic N) is 4. The Hall–Kier alpha value is -3.51. The normalized spacial score (nSPS) is 12.0. The Labute approximate surface area is 223 Å². The van der Waals surface area contributed by atoms with Gasteiger partial charge in [-0.05, 0) is 65.9 Å². The summed E-state index contributed by atoms with van der Waals surface area (Å²) < 4.78 is 50.8. The molecule has 0 aliphatic rings. The van der Waals surface area contributed by atoms with E-state index in [4.69, 9.17) is 14.5 Å². The van der Waals surface area contributed by atoms with Crippen molar-refractivity contribution in [2.45, 2.75) is 25.3 Å². The van der Waals surface area contributed by atoms with E-state index >= 15 is 0 Å². The van der Waals surface area contributed by atoms with E-state index in [0.717, 1.165) is 48.6 Å². The number of aromatic nitrogens is 3. The standard InChI is InChI=1S/C27H25FN4O4S2/c1-17-11-22(26-23(12-17)30-19(15-29-26)16-35-3)27-31-25-18(2)13-20(14-24(25)37-27)36-10-9-32(28)38(33,34)21-7-5-4-6-8-21/h4-8,11-15H,9-10,16H2,1-3H3. The highest BCUT2D eigenvalue weighted by atomic mass is 32.2. The first-order valence-electron chi connectivity index (χ1n) is 11.8. The predicted octanol–water partition coefficient (Wildman–Crippen LogP) is 5.62. The summed E-state index contributed by atoms with van der Waals surface area (Å²) in [5.41, 5.74) is 5.93. The van der Waals surface area contributed by atoms with Crippen molar-refractivity contribution in [3.63, 3.8) is 0 Å². The van der Waals surface area contributed by atoms with Gasteiger partial charge in [0.15, 0.2) is 0 Å². The number of thiazole rings is 1. The molecule has 0 aliphatic heterocycles. The summed E-state index contributed by atoms with van der Waals surface area (Å²) in [7, 11) is -2.61. The first-order valence-corrected chi connectivity index (χ1v) is 14.0. The van der Waals surface area contributed by atoms with Crippen LogP contribution < -0.4 is 4.74 Å². The lowest BCUT2D eigenvalue weighted by molar-refractivity contribution is 0.115. The van der Waals surface area contributed by atoms with Crippen molar-refractivity contribution in [2.75, 3.05) is 20.3 Å². The molecule has 0 fully saturated rings. The highest BCUT2D eigenvalue weighted by Gasteiger charge is 2.24. The molecule has 5 aromatic rings. The third-order valence-electron chi connectivity index (χ3n) is 5.86. The van der Waals surface area contributed by atoms with Crippen molar-refractivity contribution in [3.05, 3.63) is 77.6 Å². The summed E-state index contributed by atoms with van der Waals surface area (Å²) in [6, 6.07) is 15.1. The molecule has 38 heavy (non-hydrogen) atoms. The summed E-state index contributed by atoms with van der Waals surface area (Å²) in [5, 5.41) is 0.798. The van der Waals surface area contributed by atoms with Gasteiger partial charge in [-0.1, -0.05) is 18.2 Å². The fourth-order valence-electron chi connectivity index (χ4n) is 4.11. The van der Waals surface area contributed by atoms with Gasteiger partial charge in [-0.3, -0.25) is 4.98 Å². The van der Waals surface area contributed by atoms with E-state index in [9.17, 15) is 12.9 Å². The topological polar surface area (TPSA) is 94.5 Å². The van der Waals surface area contributed by atoms with Gasteiger partial charge in [0.25, 0.3) is 10.0 Å². The maximum atomic E-state index is 14.5. The van der Waals surface area contributed by atoms with E-state index in [-0.39, 0.29) is 16.0 Å². The van der Waals surface area contributed by atoms with Crippen molar-refractivity contribution < 1.29 is 22.4 Å². The van der Waals surface area contributed by atoms with Crippen LogP contribution in [0.15, 0.2) is 65.7 Å². The molecule has 0 atom stereocenters. The minimum absolute atomic E-state index is 0.111. The second kappa shape index (κ2) is 10.7. The average Bonchev–Trinajstić information content (AvgIpc) is 3.33. The molecule has 0 unspecified atom stereocenters. The first kappa shape index (κ1) is 26.1. The van der Waals surface area contributed by atoms with E-state index in [1.807, 2.05) is 38.1 Å². The zero-order valence-electron chi connectivity index (χ0n) is 21.0. The van der Waals surface area contributed by atoms with Crippen LogP contribution in [0.4, 0.5) is 4.48 Å². The third kappa shape index (κ3) is 5.23. The molecule has 0 aliphatic carbocycles. The van der Waals surface area contributed by atoms with Crippen LogP contribution >= 0.6 is 11.3 Å². The summed E-state index contributed by atoms with van der Waals surface area (Å²) in [4.78, 5) is 14.1. The highest BCUT2D eigenvalue weighted by Crippen LogP contribution is 2.37. The highest BCUT2D eigenvalue weighted by molar-refractivity contribution is 7.89. The first-order chi connectivity index (χ1) is 18.3. The van der Waals surface area contributed by atoms with Gasteiger partial charge in [-0.2, -0.15) is 0 Å². The Morgan fingerprint density at radius 3 is 2.58 bits per heavy atom. The molecular formula is C27H25FN4O4S2. The number of methoxy groups -OCH3 is 1. The van der Waals surface area contributed by atoms with Gasteiger partial charge in [-0.25, -0.2) is 18.4 Å². The molecule has 2 aromatic heterocycles. The van der Waals surface area contributed by atoms with Gasteiger partial charge in [-0.15, -0.1) is 15.8 Å². The molecule has 0 saturated carbocycles. The van der Waals surface area contributed by atoms with Crippen LogP contribution in [0.3, 0.4) is 0 Å². The number of hydrogen-bond acceptors (Lipinski definition) is 8. The fourth-order valence-corrected chi connectivity index (χ4v) is 6.24. The molecule has 0 N–H and O–H groups in total. The smallest absolute Gasteiger partial charge is 0.269 e. The number of hydrogen-bond donors (Lipinski definition) is 0. The van der Waals surface area contributed by atoms with Crippen molar-refractivity contribution in [2.24, 2.45) is 0 Å². The van der Waals surface area contributed by atoms with Crippen molar-refractivity contribution in [3.8, 4) is 16.3 Å². The molecule has 0 spiro atoms. The molecule has 0 saturated heterocycles. The number of halogens is 1. The number of rotatable bonds is 9. The van der Waals surface area contributed by atoms with Gasteiger partial charge in [0.1, 0.15) is 17.4 Å². The number of aryl methyl sites for hydroxylation is 2. The van der Waals surface area contributed by atoms with Crippen LogP contribution in [0, 0.1) is 13.8 Å². The Morgan fingerprint density at radius 2 is 1.82 bits per heavy atom. The maximum Gasteiger partial charge on any atom is 0.269 e. The quantitative estimate of drug-likeness (QED) is 0.219. The Balaban J connectivity index is 1.38. The predicted molar refractivity (Wildman–Crippen MR) is 145 cm³/mol. The molecule has 0 radical (unpaired) electrons. The minimum atomic E-state index is -4.23. The molecule has 11 heteroatoms.